The second-order valence-electron chi connectivity index (χ2n) is 4.60. The van der Waals surface area contributed by atoms with Crippen LogP contribution in [0.15, 0.2) is 23.1 Å². The first-order valence-corrected chi connectivity index (χ1v) is 5.53. The van der Waals surface area contributed by atoms with Gasteiger partial charge in [0.1, 0.15) is 5.60 Å². The number of benzene rings is 1. The van der Waals surface area contributed by atoms with Crippen LogP contribution < -0.4 is 5.32 Å². The molecule has 0 saturated heterocycles. The first kappa shape index (κ1) is 12.9. The summed E-state index contributed by atoms with van der Waals surface area (Å²) in [7, 11) is 0. The average molecular weight is 239 g/mol. The van der Waals surface area contributed by atoms with E-state index in [1.54, 1.807) is 0 Å². The van der Waals surface area contributed by atoms with Gasteiger partial charge >= 0.3 is 6.09 Å². The number of ether oxygens (including phenoxy) is 1. The molecule has 1 amide bonds. The quantitative estimate of drug-likeness (QED) is 0.734. The fraction of sp³-hybridized carbons (Fsp3) is 0.417. The smallest absolute Gasteiger partial charge is 0.412 e. The molecule has 0 bridgehead atoms. The highest BCUT2D eigenvalue weighted by atomic mass is 32.1. The second kappa shape index (κ2) is 4.78. The van der Waals surface area contributed by atoms with Crippen molar-refractivity contribution in [3.63, 3.8) is 0 Å². The Morgan fingerprint density at radius 2 is 2.00 bits per heavy atom. The highest BCUT2D eigenvalue weighted by Crippen LogP contribution is 2.24. The average Bonchev–Trinajstić information content (AvgIpc) is 2.08. The number of carbonyl (C=O) groups is 1. The first-order chi connectivity index (χ1) is 7.29. The normalized spacial score (nSPS) is 11.1. The van der Waals surface area contributed by atoms with Crippen LogP contribution >= 0.6 is 12.6 Å². The van der Waals surface area contributed by atoms with Gasteiger partial charge < -0.3 is 4.74 Å². The maximum Gasteiger partial charge on any atom is 0.412 e. The zero-order chi connectivity index (χ0) is 12.3. The summed E-state index contributed by atoms with van der Waals surface area (Å²) in [6.07, 6.45) is -0.461. The Balaban J connectivity index is 2.78. The third kappa shape index (κ3) is 3.77. The van der Waals surface area contributed by atoms with E-state index in [4.69, 9.17) is 4.74 Å². The molecule has 88 valence electrons. The molecule has 0 aliphatic carbocycles. The fourth-order valence-corrected chi connectivity index (χ4v) is 1.54. The van der Waals surface area contributed by atoms with Crippen LogP contribution in [0.2, 0.25) is 0 Å². The van der Waals surface area contributed by atoms with Crippen molar-refractivity contribution in [1.29, 1.82) is 0 Å². The molecule has 0 atom stereocenters. The maximum absolute atomic E-state index is 11.6. The van der Waals surface area contributed by atoms with E-state index in [1.807, 2.05) is 45.9 Å². The Kier molecular flexibility index (Phi) is 3.86. The summed E-state index contributed by atoms with van der Waals surface area (Å²) >= 11 is 4.28. The minimum Gasteiger partial charge on any atom is -0.444 e. The van der Waals surface area contributed by atoms with Crippen molar-refractivity contribution in [1.82, 2.24) is 0 Å². The Hall–Kier alpha value is -1.16. The van der Waals surface area contributed by atoms with E-state index in [0.29, 0.717) is 5.69 Å². The first-order valence-electron chi connectivity index (χ1n) is 5.08. The lowest BCUT2D eigenvalue weighted by molar-refractivity contribution is 0.0635. The van der Waals surface area contributed by atoms with Gasteiger partial charge in [0.2, 0.25) is 0 Å². The summed E-state index contributed by atoms with van der Waals surface area (Å²) in [4.78, 5) is 12.3. The van der Waals surface area contributed by atoms with Crippen LogP contribution in [0, 0.1) is 6.92 Å². The maximum atomic E-state index is 11.6. The van der Waals surface area contributed by atoms with Crippen molar-refractivity contribution in [3.8, 4) is 0 Å². The monoisotopic (exact) mass is 239 g/mol. The van der Waals surface area contributed by atoms with E-state index in [9.17, 15) is 4.79 Å². The molecule has 0 aliphatic heterocycles. The molecule has 1 rings (SSSR count). The number of aryl methyl sites for hydroxylation is 1. The van der Waals surface area contributed by atoms with E-state index in [1.165, 1.54) is 0 Å². The molecule has 1 N–H and O–H groups in total. The predicted molar refractivity (Wildman–Crippen MR) is 68.3 cm³/mol. The molecule has 0 aromatic heterocycles. The summed E-state index contributed by atoms with van der Waals surface area (Å²) in [6, 6.07) is 5.62. The minimum atomic E-state index is -0.496. The Bertz CT molecular complexity index is 376. The van der Waals surface area contributed by atoms with Gasteiger partial charge in [-0.25, -0.2) is 4.79 Å². The van der Waals surface area contributed by atoms with Crippen molar-refractivity contribution < 1.29 is 9.53 Å². The van der Waals surface area contributed by atoms with Crippen molar-refractivity contribution >= 4 is 24.4 Å². The predicted octanol–water partition coefficient (Wildman–Crippen LogP) is 3.63. The Labute approximate surface area is 102 Å². The Morgan fingerprint density at radius 1 is 1.38 bits per heavy atom. The molecule has 0 unspecified atom stereocenters. The number of nitrogens with one attached hydrogen (secondary N) is 1. The van der Waals surface area contributed by atoms with E-state index in [2.05, 4.69) is 17.9 Å². The van der Waals surface area contributed by atoms with Gasteiger partial charge in [0.25, 0.3) is 0 Å². The number of para-hydroxylation sites is 1. The van der Waals surface area contributed by atoms with Crippen LogP contribution in [-0.4, -0.2) is 11.7 Å². The summed E-state index contributed by atoms with van der Waals surface area (Å²) in [5, 5.41) is 2.70. The highest BCUT2D eigenvalue weighted by molar-refractivity contribution is 7.80. The molecule has 16 heavy (non-hydrogen) atoms. The van der Waals surface area contributed by atoms with Gasteiger partial charge in [0, 0.05) is 4.90 Å². The van der Waals surface area contributed by atoms with Crippen LogP contribution in [-0.2, 0) is 4.74 Å². The third-order valence-corrected chi connectivity index (χ3v) is 2.25. The molecule has 1 aromatic rings. The minimum absolute atomic E-state index is 0.461. The van der Waals surface area contributed by atoms with Gasteiger partial charge in [-0.15, -0.1) is 12.6 Å². The molecule has 0 aliphatic rings. The molecule has 0 fully saturated rings. The number of amides is 1. The van der Waals surface area contributed by atoms with Crippen LogP contribution in [0.3, 0.4) is 0 Å². The van der Waals surface area contributed by atoms with Gasteiger partial charge in [-0.1, -0.05) is 12.1 Å². The molecular formula is C12H17NO2S. The van der Waals surface area contributed by atoms with E-state index in [0.717, 1.165) is 10.5 Å². The number of thiol groups is 1. The molecular weight excluding hydrogens is 222 g/mol. The van der Waals surface area contributed by atoms with Crippen molar-refractivity contribution in [2.45, 2.75) is 38.2 Å². The van der Waals surface area contributed by atoms with Crippen LogP contribution in [0.4, 0.5) is 10.5 Å². The topological polar surface area (TPSA) is 38.3 Å². The van der Waals surface area contributed by atoms with E-state index in [-0.39, 0.29) is 0 Å². The van der Waals surface area contributed by atoms with Crippen molar-refractivity contribution in [2.24, 2.45) is 0 Å². The third-order valence-electron chi connectivity index (χ3n) is 1.88. The van der Waals surface area contributed by atoms with Gasteiger partial charge in [-0.05, 0) is 39.3 Å². The molecule has 4 heteroatoms. The van der Waals surface area contributed by atoms with Gasteiger partial charge in [-0.2, -0.15) is 0 Å². The molecule has 3 nitrogen and oxygen atoms in total. The summed E-state index contributed by atoms with van der Waals surface area (Å²) in [5.74, 6) is 0. The molecule has 1 aromatic carbocycles. The van der Waals surface area contributed by atoms with Crippen LogP contribution in [0.25, 0.3) is 0 Å². The largest absolute Gasteiger partial charge is 0.444 e. The number of hydrogen-bond acceptors (Lipinski definition) is 3. The van der Waals surface area contributed by atoms with Gasteiger partial charge in [0.15, 0.2) is 0 Å². The van der Waals surface area contributed by atoms with Gasteiger partial charge in [-0.3, -0.25) is 5.32 Å². The number of anilines is 1. The van der Waals surface area contributed by atoms with Crippen LogP contribution in [0.5, 0.6) is 0 Å². The lowest BCUT2D eigenvalue weighted by Gasteiger charge is -2.20. The number of rotatable bonds is 1. The second-order valence-corrected chi connectivity index (χ2v) is 5.08. The fourth-order valence-electron chi connectivity index (χ4n) is 1.22. The van der Waals surface area contributed by atoms with Gasteiger partial charge in [0.05, 0.1) is 5.69 Å². The van der Waals surface area contributed by atoms with Crippen LogP contribution in [0.1, 0.15) is 26.3 Å². The highest BCUT2D eigenvalue weighted by Gasteiger charge is 2.17. The lowest BCUT2D eigenvalue weighted by Crippen LogP contribution is -2.27. The SMILES string of the molecule is Cc1cccc(S)c1NC(=O)OC(C)(C)C. The number of carbonyl (C=O) groups excluding carboxylic acids is 1. The standard InChI is InChI=1S/C12H17NO2S/c1-8-6-5-7-9(16)10(8)13-11(14)15-12(2,3)4/h5-7,16H,1-4H3,(H,13,14). The zero-order valence-electron chi connectivity index (χ0n) is 10.00. The summed E-state index contributed by atoms with van der Waals surface area (Å²) < 4.78 is 5.17. The summed E-state index contributed by atoms with van der Waals surface area (Å²) in [6.45, 7) is 7.39. The lowest BCUT2D eigenvalue weighted by atomic mass is 10.2. The molecule has 0 heterocycles. The van der Waals surface area contributed by atoms with Crippen molar-refractivity contribution in [3.05, 3.63) is 23.8 Å². The zero-order valence-corrected chi connectivity index (χ0v) is 10.9. The van der Waals surface area contributed by atoms with E-state index >= 15 is 0 Å². The van der Waals surface area contributed by atoms with Crippen molar-refractivity contribution in [2.75, 3.05) is 5.32 Å². The summed E-state index contributed by atoms with van der Waals surface area (Å²) in [5.41, 5.74) is 1.15. The van der Waals surface area contributed by atoms with E-state index < -0.39 is 11.7 Å². The Morgan fingerprint density at radius 3 is 2.50 bits per heavy atom. The molecule has 0 saturated carbocycles. The number of hydrogen-bond donors (Lipinski definition) is 2. The molecule has 0 spiro atoms. The molecule has 0 radical (unpaired) electrons.